The van der Waals surface area contributed by atoms with Gasteiger partial charge in [-0.15, -0.1) is 11.6 Å². The molecular weight excluding hydrogens is 510 g/mol. The Balaban J connectivity index is 1.39. The Bertz CT molecular complexity index is 1460. The third-order valence-electron chi connectivity index (χ3n) is 7.34. The van der Waals surface area contributed by atoms with Crippen molar-refractivity contribution in [3.63, 3.8) is 0 Å². The van der Waals surface area contributed by atoms with Crippen LogP contribution in [-0.4, -0.2) is 59.5 Å². The van der Waals surface area contributed by atoms with Gasteiger partial charge in [-0.2, -0.15) is 0 Å². The molecule has 1 aliphatic rings. The molecule has 3 aromatic carbocycles. The molecule has 2 heterocycles. The number of aryl methyl sites for hydroxylation is 1. The van der Waals surface area contributed by atoms with E-state index in [0.717, 1.165) is 34.0 Å². The highest BCUT2D eigenvalue weighted by molar-refractivity contribution is 6.30. The Morgan fingerprint density at radius 3 is 2.05 bits per heavy atom. The van der Waals surface area contributed by atoms with Crippen molar-refractivity contribution in [1.82, 2.24) is 14.4 Å². The molecule has 4 aromatic rings. The van der Waals surface area contributed by atoms with Gasteiger partial charge in [0.15, 0.2) is 0 Å². The molecule has 0 radical (unpaired) electrons. The average Bonchev–Trinajstić information content (AvgIpc) is 3.33. The monoisotopic (exact) mass is 541 g/mol. The number of amides is 2. The van der Waals surface area contributed by atoms with E-state index in [2.05, 4.69) is 35.8 Å². The molecule has 1 aliphatic heterocycles. The number of alkyl halides is 1. The van der Waals surface area contributed by atoms with Gasteiger partial charge in [-0.3, -0.25) is 9.59 Å². The van der Waals surface area contributed by atoms with Crippen molar-refractivity contribution in [2.75, 3.05) is 33.3 Å². The molecule has 0 N–H and O–H groups in total. The minimum Gasteiger partial charge on any atom is -0.497 e. The minimum absolute atomic E-state index is 0.0364. The minimum atomic E-state index is -0.730. The molecule has 6 nitrogen and oxygen atoms in total. The van der Waals surface area contributed by atoms with Crippen LogP contribution in [-0.2, 0) is 4.79 Å². The Labute approximate surface area is 234 Å². The van der Waals surface area contributed by atoms with E-state index in [-0.39, 0.29) is 11.8 Å². The first-order valence-corrected chi connectivity index (χ1v) is 13.5. The van der Waals surface area contributed by atoms with Crippen LogP contribution in [0, 0.1) is 13.8 Å². The highest BCUT2D eigenvalue weighted by atomic mass is 35.5. The quantitative estimate of drug-likeness (QED) is 0.280. The Morgan fingerprint density at radius 2 is 1.44 bits per heavy atom. The first-order valence-electron chi connectivity index (χ1n) is 13.1. The van der Waals surface area contributed by atoms with Crippen LogP contribution in [0.5, 0.6) is 5.75 Å². The molecule has 0 spiro atoms. The predicted molar refractivity (Wildman–Crippen MR) is 155 cm³/mol. The van der Waals surface area contributed by atoms with Crippen LogP contribution in [0.25, 0.3) is 16.9 Å². The summed E-state index contributed by atoms with van der Waals surface area (Å²) in [7, 11) is 1.65. The highest BCUT2D eigenvalue weighted by Gasteiger charge is 2.30. The summed E-state index contributed by atoms with van der Waals surface area (Å²) in [5.74, 6) is 0.614. The molecule has 2 amide bonds. The molecule has 1 saturated heterocycles. The lowest BCUT2D eigenvalue weighted by molar-refractivity contribution is -0.132. The van der Waals surface area contributed by atoms with E-state index in [1.807, 2.05) is 72.5 Å². The maximum atomic E-state index is 13.8. The van der Waals surface area contributed by atoms with Gasteiger partial charge in [0.2, 0.25) is 5.91 Å². The van der Waals surface area contributed by atoms with Crippen molar-refractivity contribution in [3.8, 4) is 22.7 Å². The third kappa shape index (κ3) is 5.43. The standard InChI is InChI=1S/C32H32ClN3O3/c1-22-9-13-26(14-10-22)36-23(2)28(21-29(36)24-11-15-27(39-3)16-12-24)31(37)34-17-19-35(20-18-34)32(38)30(33)25-7-5-4-6-8-25/h4-16,21,30H,17-20H2,1-3H3. The van der Waals surface area contributed by atoms with E-state index < -0.39 is 5.38 Å². The summed E-state index contributed by atoms with van der Waals surface area (Å²) in [5, 5.41) is -0.730. The Kier molecular flexibility index (Phi) is 7.75. The number of carbonyl (C=O) groups excluding carboxylic acids is 2. The molecule has 1 fully saturated rings. The van der Waals surface area contributed by atoms with E-state index in [1.165, 1.54) is 5.56 Å². The van der Waals surface area contributed by atoms with Gasteiger partial charge in [-0.05, 0) is 67.4 Å². The number of rotatable bonds is 6. The average molecular weight is 542 g/mol. The van der Waals surface area contributed by atoms with Crippen molar-refractivity contribution in [3.05, 3.63) is 107 Å². The fourth-order valence-corrected chi connectivity index (χ4v) is 5.33. The zero-order chi connectivity index (χ0) is 27.5. The van der Waals surface area contributed by atoms with Crippen LogP contribution in [0.2, 0.25) is 0 Å². The van der Waals surface area contributed by atoms with Gasteiger partial charge in [0, 0.05) is 37.6 Å². The van der Waals surface area contributed by atoms with Crippen LogP contribution >= 0.6 is 11.6 Å². The first-order chi connectivity index (χ1) is 18.9. The number of benzene rings is 3. The molecule has 39 heavy (non-hydrogen) atoms. The predicted octanol–water partition coefficient (Wildman–Crippen LogP) is 6.03. The molecular formula is C32H32ClN3O3. The maximum Gasteiger partial charge on any atom is 0.255 e. The molecule has 0 aliphatic carbocycles. The Hall–Kier alpha value is -4.03. The fourth-order valence-electron chi connectivity index (χ4n) is 5.05. The topological polar surface area (TPSA) is 54.8 Å². The summed E-state index contributed by atoms with van der Waals surface area (Å²) >= 11 is 6.49. The number of halogens is 1. The van der Waals surface area contributed by atoms with Crippen molar-refractivity contribution in [1.29, 1.82) is 0 Å². The number of ether oxygens (including phenoxy) is 1. The second-order valence-electron chi connectivity index (χ2n) is 9.82. The van der Waals surface area contributed by atoms with E-state index in [0.29, 0.717) is 31.7 Å². The molecule has 200 valence electrons. The summed E-state index contributed by atoms with van der Waals surface area (Å²) in [6.07, 6.45) is 0. The molecule has 1 atom stereocenters. The summed E-state index contributed by atoms with van der Waals surface area (Å²) in [6, 6.07) is 27.5. The van der Waals surface area contributed by atoms with Crippen molar-refractivity contribution >= 4 is 23.4 Å². The molecule has 0 bridgehead atoms. The van der Waals surface area contributed by atoms with E-state index in [1.54, 1.807) is 12.0 Å². The summed E-state index contributed by atoms with van der Waals surface area (Å²) in [6.45, 7) is 5.85. The summed E-state index contributed by atoms with van der Waals surface area (Å²) in [4.78, 5) is 30.4. The molecule has 7 heteroatoms. The number of methoxy groups -OCH3 is 1. The number of hydrogen-bond acceptors (Lipinski definition) is 3. The van der Waals surface area contributed by atoms with Gasteiger partial charge in [-0.1, -0.05) is 48.0 Å². The largest absolute Gasteiger partial charge is 0.497 e. The summed E-state index contributed by atoms with van der Waals surface area (Å²) < 4.78 is 7.47. The summed E-state index contributed by atoms with van der Waals surface area (Å²) in [5.41, 5.74) is 6.39. The van der Waals surface area contributed by atoms with Crippen molar-refractivity contribution in [2.45, 2.75) is 19.2 Å². The van der Waals surface area contributed by atoms with Gasteiger partial charge in [0.1, 0.15) is 11.1 Å². The number of piperazine rings is 1. The second kappa shape index (κ2) is 11.4. The second-order valence-corrected chi connectivity index (χ2v) is 10.3. The molecule has 0 saturated carbocycles. The van der Waals surface area contributed by atoms with Crippen LogP contribution in [0.1, 0.15) is 32.6 Å². The van der Waals surface area contributed by atoms with Crippen LogP contribution < -0.4 is 4.74 Å². The zero-order valence-electron chi connectivity index (χ0n) is 22.4. The molecule has 1 unspecified atom stereocenters. The lowest BCUT2D eigenvalue weighted by Crippen LogP contribution is -2.51. The van der Waals surface area contributed by atoms with Crippen LogP contribution in [0.15, 0.2) is 84.9 Å². The van der Waals surface area contributed by atoms with Crippen LogP contribution in [0.4, 0.5) is 0 Å². The third-order valence-corrected chi connectivity index (χ3v) is 7.78. The number of aromatic nitrogens is 1. The fraction of sp³-hybridized carbons (Fsp3) is 0.250. The normalized spacial score (nSPS) is 14.3. The van der Waals surface area contributed by atoms with Gasteiger partial charge in [0.05, 0.1) is 18.4 Å². The maximum absolute atomic E-state index is 13.8. The van der Waals surface area contributed by atoms with E-state index in [9.17, 15) is 9.59 Å². The van der Waals surface area contributed by atoms with Crippen molar-refractivity contribution < 1.29 is 14.3 Å². The lowest BCUT2D eigenvalue weighted by Gasteiger charge is -2.35. The smallest absolute Gasteiger partial charge is 0.255 e. The SMILES string of the molecule is COc1ccc(-c2cc(C(=O)N3CCN(C(=O)C(Cl)c4ccccc4)CC3)c(C)n2-c2ccc(C)cc2)cc1. The molecule has 5 rings (SSSR count). The molecule has 1 aromatic heterocycles. The van der Waals surface area contributed by atoms with Crippen LogP contribution in [0.3, 0.4) is 0 Å². The van der Waals surface area contributed by atoms with E-state index in [4.69, 9.17) is 16.3 Å². The first kappa shape index (κ1) is 26.6. The van der Waals surface area contributed by atoms with Gasteiger partial charge < -0.3 is 19.1 Å². The number of hydrogen-bond donors (Lipinski definition) is 0. The van der Waals surface area contributed by atoms with Gasteiger partial charge >= 0.3 is 0 Å². The number of nitrogens with zero attached hydrogens (tertiary/aromatic N) is 3. The van der Waals surface area contributed by atoms with E-state index >= 15 is 0 Å². The lowest BCUT2D eigenvalue weighted by atomic mass is 10.1. The Morgan fingerprint density at radius 1 is 0.821 bits per heavy atom. The van der Waals surface area contributed by atoms with Gasteiger partial charge in [-0.25, -0.2) is 0 Å². The number of carbonyl (C=O) groups is 2. The van der Waals surface area contributed by atoms with Gasteiger partial charge in [0.25, 0.3) is 5.91 Å². The zero-order valence-corrected chi connectivity index (χ0v) is 23.2. The highest BCUT2D eigenvalue weighted by Crippen LogP contribution is 2.32. The van der Waals surface area contributed by atoms with Crippen molar-refractivity contribution in [2.24, 2.45) is 0 Å².